The highest BCUT2D eigenvalue weighted by Crippen LogP contribution is 2.41. The quantitative estimate of drug-likeness (QED) is 0.463. The molecule has 3 aromatic carbocycles. The maximum Gasteiger partial charge on any atom is 0.123 e. The Bertz CT molecular complexity index is 878. The molecule has 0 spiro atoms. The summed E-state index contributed by atoms with van der Waals surface area (Å²) >= 11 is 1.83. The Morgan fingerprint density at radius 2 is 1.65 bits per heavy atom. The van der Waals surface area contributed by atoms with Crippen LogP contribution in [0.15, 0.2) is 77.7 Å². The molecule has 0 aliphatic heterocycles. The Morgan fingerprint density at radius 3 is 2.50 bits per heavy atom. The molecular formula is C23H23NOS. The van der Waals surface area contributed by atoms with Crippen molar-refractivity contribution in [1.82, 2.24) is 0 Å². The van der Waals surface area contributed by atoms with Gasteiger partial charge in [0.2, 0.25) is 0 Å². The van der Waals surface area contributed by atoms with Crippen LogP contribution in [0.4, 0.5) is 0 Å². The minimum atomic E-state index is 0.367. The SMILES string of the molecule is NCC(CCOc1cccc2c1Cc1ccccc1-2)Sc1ccccc1. The Balaban J connectivity index is 1.40. The van der Waals surface area contributed by atoms with Crippen LogP contribution in [-0.2, 0) is 6.42 Å². The fraction of sp³-hybridized carbons (Fsp3) is 0.217. The molecular weight excluding hydrogens is 338 g/mol. The highest BCUT2D eigenvalue weighted by molar-refractivity contribution is 8.00. The molecule has 0 aromatic heterocycles. The molecule has 0 heterocycles. The molecule has 3 aromatic rings. The van der Waals surface area contributed by atoms with E-state index in [0.717, 1.165) is 18.6 Å². The van der Waals surface area contributed by atoms with Gasteiger partial charge in [-0.1, -0.05) is 54.6 Å². The second kappa shape index (κ2) is 7.98. The summed E-state index contributed by atoms with van der Waals surface area (Å²) in [5.74, 6) is 1.01. The summed E-state index contributed by atoms with van der Waals surface area (Å²) in [5, 5.41) is 0.367. The van der Waals surface area contributed by atoms with Crippen molar-refractivity contribution < 1.29 is 4.74 Å². The molecule has 1 aliphatic carbocycles. The normalized spacial score (nSPS) is 13.1. The Labute approximate surface area is 159 Å². The highest BCUT2D eigenvalue weighted by Gasteiger charge is 2.21. The zero-order valence-corrected chi connectivity index (χ0v) is 15.5. The number of thioether (sulfide) groups is 1. The number of nitrogens with two attached hydrogens (primary N) is 1. The smallest absolute Gasteiger partial charge is 0.123 e. The third-order valence-electron chi connectivity index (χ3n) is 4.81. The van der Waals surface area contributed by atoms with Crippen LogP contribution in [-0.4, -0.2) is 18.4 Å². The second-order valence-electron chi connectivity index (χ2n) is 6.54. The molecule has 2 nitrogen and oxygen atoms in total. The second-order valence-corrected chi connectivity index (χ2v) is 7.92. The fourth-order valence-electron chi connectivity index (χ4n) is 3.48. The maximum atomic E-state index is 6.18. The summed E-state index contributed by atoms with van der Waals surface area (Å²) in [6, 6.07) is 25.4. The van der Waals surface area contributed by atoms with Crippen molar-refractivity contribution in [2.45, 2.75) is 23.0 Å². The van der Waals surface area contributed by atoms with E-state index in [2.05, 4.69) is 66.7 Å². The Morgan fingerprint density at radius 1 is 0.885 bits per heavy atom. The van der Waals surface area contributed by atoms with Gasteiger partial charge in [-0.25, -0.2) is 0 Å². The predicted molar refractivity (Wildman–Crippen MR) is 110 cm³/mol. The van der Waals surface area contributed by atoms with Crippen molar-refractivity contribution in [3.05, 3.63) is 83.9 Å². The van der Waals surface area contributed by atoms with Crippen LogP contribution in [0.25, 0.3) is 11.1 Å². The largest absolute Gasteiger partial charge is 0.493 e. The number of ether oxygens (including phenoxy) is 1. The van der Waals surface area contributed by atoms with E-state index in [4.69, 9.17) is 10.5 Å². The van der Waals surface area contributed by atoms with E-state index in [1.807, 2.05) is 17.8 Å². The van der Waals surface area contributed by atoms with Gasteiger partial charge in [0.15, 0.2) is 0 Å². The average Bonchev–Trinajstić information content (AvgIpc) is 3.07. The standard InChI is InChI=1S/C23H23NOS/c24-16-19(26-18-8-2-1-3-9-18)13-14-25-23-12-6-11-21-20-10-5-4-7-17(20)15-22(21)23/h1-12,19H,13-16,24H2. The molecule has 0 fully saturated rings. The van der Waals surface area contributed by atoms with Gasteiger partial charge in [-0.15, -0.1) is 11.8 Å². The molecule has 0 amide bonds. The van der Waals surface area contributed by atoms with Crippen LogP contribution in [0, 0.1) is 0 Å². The predicted octanol–water partition coefficient (Wildman–Crippen LogP) is 5.15. The monoisotopic (exact) mass is 361 g/mol. The van der Waals surface area contributed by atoms with Crippen LogP contribution < -0.4 is 10.5 Å². The van der Waals surface area contributed by atoms with Gasteiger partial charge in [0.05, 0.1) is 6.61 Å². The highest BCUT2D eigenvalue weighted by atomic mass is 32.2. The first kappa shape index (κ1) is 17.2. The van der Waals surface area contributed by atoms with Crippen LogP contribution >= 0.6 is 11.8 Å². The number of hydrogen-bond donors (Lipinski definition) is 1. The molecule has 1 aliphatic rings. The molecule has 1 atom stereocenters. The summed E-state index contributed by atoms with van der Waals surface area (Å²) in [6.07, 6.45) is 1.90. The van der Waals surface area contributed by atoms with Gasteiger partial charge in [0.1, 0.15) is 5.75 Å². The van der Waals surface area contributed by atoms with E-state index in [1.54, 1.807) is 0 Å². The summed E-state index contributed by atoms with van der Waals surface area (Å²) < 4.78 is 6.18. The number of fused-ring (bicyclic) bond motifs is 3. The Kier molecular flexibility index (Phi) is 5.28. The summed E-state index contributed by atoms with van der Waals surface area (Å²) in [5.41, 5.74) is 11.3. The van der Waals surface area contributed by atoms with Gasteiger partial charge in [-0.05, 0) is 41.3 Å². The minimum absolute atomic E-state index is 0.367. The first-order valence-corrected chi connectivity index (χ1v) is 9.98. The lowest BCUT2D eigenvalue weighted by molar-refractivity contribution is 0.307. The number of rotatable bonds is 7. The molecule has 4 rings (SSSR count). The summed E-state index contributed by atoms with van der Waals surface area (Å²) in [6.45, 7) is 1.34. The van der Waals surface area contributed by atoms with Crippen molar-refractivity contribution in [2.75, 3.05) is 13.2 Å². The van der Waals surface area contributed by atoms with E-state index in [-0.39, 0.29) is 0 Å². The molecule has 26 heavy (non-hydrogen) atoms. The topological polar surface area (TPSA) is 35.2 Å². The zero-order chi connectivity index (χ0) is 17.8. The van der Waals surface area contributed by atoms with E-state index in [0.29, 0.717) is 18.4 Å². The summed E-state index contributed by atoms with van der Waals surface area (Å²) in [7, 11) is 0. The molecule has 3 heteroatoms. The van der Waals surface area contributed by atoms with E-state index >= 15 is 0 Å². The fourth-order valence-corrected chi connectivity index (χ4v) is 4.49. The van der Waals surface area contributed by atoms with Crippen LogP contribution in [0.1, 0.15) is 17.5 Å². The van der Waals surface area contributed by atoms with E-state index in [9.17, 15) is 0 Å². The molecule has 0 saturated carbocycles. The number of hydrogen-bond acceptors (Lipinski definition) is 3. The van der Waals surface area contributed by atoms with Crippen molar-refractivity contribution in [3.63, 3.8) is 0 Å². The first-order valence-electron chi connectivity index (χ1n) is 9.10. The molecule has 0 bridgehead atoms. The van der Waals surface area contributed by atoms with Gasteiger partial charge >= 0.3 is 0 Å². The molecule has 0 saturated heterocycles. The van der Waals surface area contributed by atoms with E-state index in [1.165, 1.54) is 27.1 Å². The van der Waals surface area contributed by atoms with Crippen molar-refractivity contribution in [1.29, 1.82) is 0 Å². The van der Waals surface area contributed by atoms with Crippen molar-refractivity contribution >= 4 is 11.8 Å². The lowest BCUT2D eigenvalue weighted by Gasteiger charge is -2.16. The number of benzene rings is 3. The average molecular weight is 362 g/mol. The van der Waals surface area contributed by atoms with Crippen molar-refractivity contribution in [2.24, 2.45) is 5.73 Å². The van der Waals surface area contributed by atoms with Crippen LogP contribution in [0.2, 0.25) is 0 Å². The van der Waals surface area contributed by atoms with Gasteiger partial charge in [0.25, 0.3) is 0 Å². The molecule has 132 valence electrons. The lowest BCUT2D eigenvalue weighted by atomic mass is 10.1. The molecule has 0 radical (unpaired) electrons. The summed E-state index contributed by atoms with van der Waals surface area (Å²) in [4.78, 5) is 1.26. The third kappa shape index (κ3) is 3.64. The van der Waals surface area contributed by atoms with Crippen LogP contribution in [0.3, 0.4) is 0 Å². The first-order chi connectivity index (χ1) is 12.8. The minimum Gasteiger partial charge on any atom is -0.493 e. The molecule has 2 N–H and O–H groups in total. The van der Waals surface area contributed by atoms with Gasteiger partial charge in [-0.3, -0.25) is 0 Å². The Hall–Kier alpha value is -2.23. The van der Waals surface area contributed by atoms with Crippen LogP contribution in [0.5, 0.6) is 5.75 Å². The van der Waals surface area contributed by atoms with Gasteiger partial charge in [-0.2, -0.15) is 0 Å². The maximum absolute atomic E-state index is 6.18. The third-order valence-corrected chi connectivity index (χ3v) is 6.12. The van der Waals surface area contributed by atoms with Crippen molar-refractivity contribution in [3.8, 4) is 16.9 Å². The van der Waals surface area contributed by atoms with Gasteiger partial charge in [0, 0.05) is 28.7 Å². The zero-order valence-electron chi connectivity index (χ0n) is 14.7. The van der Waals surface area contributed by atoms with Gasteiger partial charge < -0.3 is 10.5 Å². The lowest BCUT2D eigenvalue weighted by Crippen LogP contribution is -2.19. The molecule has 1 unspecified atom stereocenters. The van der Waals surface area contributed by atoms with E-state index < -0.39 is 0 Å².